The zero-order valence-corrected chi connectivity index (χ0v) is 9.97. The maximum atomic E-state index is 5.11. The number of aromatic amines is 1. The summed E-state index contributed by atoms with van der Waals surface area (Å²) < 4.78 is 5.71. The molecule has 0 bridgehead atoms. The number of nitrogens with zero attached hydrogens (tertiary/aromatic N) is 1. The van der Waals surface area contributed by atoms with Crippen molar-refractivity contribution in [3.63, 3.8) is 0 Å². The van der Waals surface area contributed by atoms with Gasteiger partial charge < -0.3 is 9.72 Å². The van der Waals surface area contributed by atoms with Gasteiger partial charge in [0.15, 0.2) is 0 Å². The summed E-state index contributed by atoms with van der Waals surface area (Å²) in [7, 11) is 1.65. The molecule has 2 aromatic rings. The highest BCUT2D eigenvalue weighted by molar-refractivity contribution is 7.71. The Kier molecular flexibility index (Phi) is 3.01. The van der Waals surface area contributed by atoms with Crippen molar-refractivity contribution in [3.8, 4) is 17.0 Å². The number of aryl methyl sites for hydroxylation is 1. The zero-order chi connectivity index (χ0) is 11.5. The highest BCUT2D eigenvalue weighted by Gasteiger charge is 2.00. The number of ether oxygens (including phenoxy) is 1. The largest absolute Gasteiger partial charge is 0.497 e. The third kappa shape index (κ3) is 2.28. The number of rotatable bonds is 2. The molecule has 82 valence electrons. The third-order valence-corrected chi connectivity index (χ3v) is 2.47. The van der Waals surface area contributed by atoms with Gasteiger partial charge in [0.25, 0.3) is 0 Å². The lowest BCUT2D eigenvalue weighted by Gasteiger charge is -2.04. The zero-order valence-electron chi connectivity index (χ0n) is 9.15. The smallest absolute Gasteiger partial charge is 0.130 e. The molecule has 16 heavy (non-hydrogen) atoms. The Morgan fingerprint density at radius 3 is 2.50 bits per heavy atom. The van der Waals surface area contributed by atoms with E-state index in [2.05, 4.69) is 9.97 Å². The number of hydrogen-bond acceptors (Lipinski definition) is 3. The van der Waals surface area contributed by atoms with Gasteiger partial charge >= 0.3 is 0 Å². The molecule has 0 radical (unpaired) electrons. The van der Waals surface area contributed by atoms with E-state index in [1.54, 1.807) is 7.11 Å². The van der Waals surface area contributed by atoms with Crippen molar-refractivity contribution in [2.24, 2.45) is 0 Å². The lowest BCUT2D eigenvalue weighted by atomic mass is 10.1. The van der Waals surface area contributed by atoms with Crippen LogP contribution in [0.2, 0.25) is 0 Å². The molecule has 0 fully saturated rings. The highest BCUT2D eigenvalue weighted by atomic mass is 32.1. The van der Waals surface area contributed by atoms with Crippen LogP contribution in [0.5, 0.6) is 5.75 Å². The molecule has 1 N–H and O–H groups in total. The normalized spacial score (nSPS) is 10.1. The first kappa shape index (κ1) is 10.8. The van der Waals surface area contributed by atoms with E-state index >= 15 is 0 Å². The molecule has 2 rings (SSSR count). The van der Waals surface area contributed by atoms with Crippen molar-refractivity contribution in [2.45, 2.75) is 6.92 Å². The van der Waals surface area contributed by atoms with E-state index in [0.717, 1.165) is 22.8 Å². The Morgan fingerprint density at radius 2 is 1.94 bits per heavy atom. The average molecular weight is 232 g/mol. The van der Waals surface area contributed by atoms with Crippen molar-refractivity contribution >= 4 is 12.2 Å². The van der Waals surface area contributed by atoms with E-state index < -0.39 is 0 Å². The van der Waals surface area contributed by atoms with Crippen LogP contribution < -0.4 is 4.74 Å². The Labute approximate surface area is 99.1 Å². The van der Waals surface area contributed by atoms with E-state index in [1.165, 1.54) is 0 Å². The lowest BCUT2D eigenvalue weighted by Crippen LogP contribution is -1.91. The topological polar surface area (TPSA) is 37.9 Å². The molecule has 4 heteroatoms. The van der Waals surface area contributed by atoms with Crippen LogP contribution in [0, 0.1) is 11.6 Å². The number of methoxy groups -OCH3 is 1. The summed E-state index contributed by atoms with van der Waals surface area (Å²) in [5, 5.41) is 0. The van der Waals surface area contributed by atoms with Crippen molar-refractivity contribution in [3.05, 3.63) is 40.8 Å². The van der Waals surface area contributed by atoms with Crippen molar-refractivity contribution in [1.29, 1.82) is 0 Å². The van der Waals surface area contributed by atoms with Gasteiger partial charge in [-0.2, -0.15) is 0 Å². The summed E-state index contributed by atoms with van der Waals surface area (Å²) in [4.78, 5) is 7.31. The first-order valence-electron chi connectivity index (χ1n) is 4.91. The van der Waals surface area contributed by atoms with Gasteiger partial charge in [-0.05, 0) is 42.8 Å². The number of H-pyrrole nitrogens is 1. The van der Waals surface area contributed by atoms with Crippen LogP contribution in [0.25, 0.3) is 11.3 Å². The van der Waals surface area contributed by atoms with Gasteiger partial charge in [-0.25, -0.2) is 4.98 Å². The fourth-order valence-electron chi connectivity index (χ4n) is 1.51. The maximum Gasteiger partial charge on any atom is 0.130 e. The molecule has 0 atom stereocenters. The molecule has 0 aliphatic heterocycles. The number of hydrogen-bond donors (Lipinski definition) is 1. The minimum absolute atomic E-state index is 0.599. The van der Waals surface area contributed by atoms with Gasteiger partial charge in [-0.15, -0.1) is 0 Å². The van der Waals surface area contributed by atoms with E-state index in [1.807, 2.05) is 37.3 Å². The van der Waals surface area contributed by atoms with Crippen LogP contribution in [0.15, 0.2) is 30.3 Å². The van der Waals surface area contributed by atoms with Gasteiger partial charge in [0.05, 0.1) is 7.11 Å². The van der Waals surface area contributed by atoms with Crippen molar-refractivity contribution in [1.82, 2.24) is 9.97 Å². The Balaban J connectivity index is 2.46. The molecule has 1 heterocycles. The Hall–Kier alpha value is -1.68. The number of aromatic nitrogens is 2. The molecule has 0 saturated heterocycles. The van der Waals surface area contributed by atoms with Gasteiger partial charge in [0, 0.05) is 5.69 Å². The SMILES string of the molecule is COc1ccc(-c2cc(=S)nc(C)[nH]2)cc1. The fraction of sp³-hybridized carbons (Fsp3) is 0.167. The van der Waals surface area contributed by atoms with Gasteiger partial charge in [0.2, 0.25) is 0 Å². The summed E-state index contributed by atoms with van der Waals surface area (Å²) in [5.74, 6) is 1.66. The van der Waals surface area contributed by atoms with Crippen LogP contribution in [0.4, 0.5) is 0 Å². The molecular weight excluding hydrogens is 220 g/mol. The number of nitrogens with one attached hydrogen (secondary N) is 1. The molecule has 0 saturated carbocycles. The molecule has 3 nitrogen and oxygen atoms in total. The minimum atomic E-state index is 0.599. The Bertz CT molecular complexity index is 546. The molecule has 0 amide bonds. The molecule has 1 aromatic heterocycles. The predicted molar refractivity (Wildman–Crippen MR) is 66.1 cm³/mol. The fourth-order valence-corrected chi connectivity index (χ4v) is 1.76. The van der Waals surface area contributed by atoms with E-state index in [9.17, 15) is 0 Å². The molecule has 0 aliphatic rings. The summed E-state index contributed by atoms with van der Waals surface area (Å²) in [6.45, 7) is 1.89. The van der Waals surface area contributed by atoms with Gasteiger partial charge in [-0.1, -0.05) is 12.2 Å². The van der Waals surface area contributed by atoms with Gasteiger partial charge in [-0.3, -0.25) is 0 Å². The summed E-state index contributed by atoms with van der Waals surface area (Å²) >= 11 is 5.08. The molecule has 0 unspecified atom stereocenters. The Morgan fingerprint density at radius 1 is 1.25 bits per heavy atom. The summed E-state index contributed by atoms with van der Waals surface area (Å²) in [6, 6.07) is 9.66. The van der Waals surface area contributed by atoms with Crippen molar-refractivity contribution < 1.29 is 4.74 Å². The van der Waals surface area contributed by atoms with Gasteiger partial charge in [0.1, 0.15) is 16.2 Å². The van der Waals surface area contributed by atoms with E-state index in [-0.39, 0.29) is 0 Å². The third-order valence-electron chi connectivity index (χ3n) is 2.26. The first-order chi connectivity index (χ1) is 7.69. The van der Waals surface area contributed by atoms with E-state index in [0.29, 0.717) is 4.64 Å². The molecule has 1 aromatic carbocycles. The lowest BCUT2D eigenvalue weighted by molar-refractivity contribution is 0.415. The standard InChI is InChI=1S/C12H12N2OS/c1-8-13-11(7-12(16)14-8)9-3-5-10(15-2)6-4-9/h3-7H,1-2H3,(H,13,14,16). The quantitative estimate of drug-likeness (QED) is 0.808. The molecule has 0 aliphatic carbocycles. The van der Waals surface area contributed by atoms with E-state index in [4.69, 9.17) is 17.0 Å². The summed E-state index contributed by atoms with van der Waals surface area (Å²) in [5.41, 5.74) is 2.04. The first-order valence-corrected chi connectivity index (χ1v) is 5.32. The number of benzene rings is 1. The van der Waals surface area contributed by atoms with Crippen LogP contribution in [0.3, 0.4) is 0 Å². The monoisotopic (exact) mass is 232 g/mol. The summed E-state index contributed by atoms with van der Waals surface area (Å²) in [6.07, 6.45) is 0. The highest BCUT2D eigenvalue weighted by Crippen LogP contribution is 2.20. The maximum absolute atomic E-state index is 5.11. The minimum Gasteiger partial charge on any atom is -0.497 e. The predicted octanol–water partition coefficient (Wildman–Crippen LogP) is 3.12. The van der Waals surface area contributed by atoms with Crippen LogP contribution in [-0.2, 0) is 0 Å². The second-order valence-electron chi connectivity index (χ2n) is 3.45. The molecular formula is C12H12N2OS. The second kappa shape index (κ2) is 4.45. The second-order valence-corrected chi connectivity index (χ2v) is 3.87. The van der Waals surface area contributed by atoms with Crippen LogP contribution >= 0.6 is 12.2 Å². The average Bonchev–Trinajstić information content (AvgIpc) is 2.28. The van der Waals surface area contributed by atoms with Crippen molar-refractivity contribution in [2.75, 3.05) is 7.11 Å². The molecule has 0 spiro atoms. The van der Waals surface area contributed by atoms with Crippen LogP contribution in [-0.4, -0.2) is 17.1 Å². The van der Waals surface area contributed by atoms with Crippen LogP contribution in [0.1, 0.15) is 5.82 Å².